The Bertz CT molecular complexity index is 707. The summed E-state index contributed by atoms with van der Waals surface area (Å²) in [5, 5.41) is 13.3. The summed E-state index contributed by atoms with van der Waals surface area (Å²) in [6, 6.07) is 5.25. The first kappa shape index (κ1) is 14.7. The molecule has 0 spiro atoms. The number of halogens is 1. The van der Waals surface area contributed by atoms with Gasteiger partial charge in [0.15, 0.2) is 5.75 Å². The maximum absolute atomic E-state index is 12.0. The van der Waals surface area contributed by atoms with Crippen LogP contribution in [-0.4, -0.2) is 27.9 Å². The number of rotatable bonds is 4. The van der Waals surface area contributed by atoms with Crippen molar-refractivity contribution < 1.29 is 14.5 Å². The number of aromatic nitrogens is 2. The molecule has 8 nitrogen and oxygen atoms in total. The molecule has 2 aromatic rings. The van der Waals surface area contributed by atoms with Crippen LogP contribution in [0.1, 0.15) is 10.4 Å². The van der Waals surface area contributed by atoms with Crippen LogP contribution in [0.25, 0.3) is 0 Å². The van der Waals surface area contributed by atoms with E-state index in [-0.39, 0.29) is 28.1 Å². The number of nitrogens with one attached hydrogen (secondary N) is 1. The van der Waals surface area contributed by atoms with E-state index in [0.717, 1.165) is 0 Å². The second-order valence-electron chi connectivity index (χ2n) is 3.81. The van der Waals surface area contributed by atoms with Crippen molar-refractivity contribution in [2.75, 3.05) is 12.4 Å². The number of nitrogens with zero attached hydrogens (tertiary/aromatic N) is 3. The van der Waals surface area contributed by atoms with Crippen molar-refractivity contribution >= 4 is 29.0 Å². The number of ether oxygens (including phenoxy) is 1. The molecule has 1 N–H and O–H groups in total. The highest BCUT2D eigenvalue weighted by Crippen LogP contribution is 2.27. The third-order valence-corrected chi connectivity index (χ3v) is 2.69. The lowest BCUT2D eigenvalue weighted by atomic mass is 10.1. The molecule has 2 rings (SSSR count). The Morgan fingerprint density at radius 1 is 1.43 bits per heavy atom. The number of carbonyl (C=O) groups is 1. The molecule has 1 aromatic heterocycles. The standard InChI is InChI=1S/C12H9ClN4O4/c1-21-9-6-7(2-3-8(9)17(19)20)11(18)15-10-4-5-14-12(13)16-10/h2-6H,1H3,(H,14,15,16,18). The molecule has 1 heterocycles. The average Bonchev–Trinajstić information content (AvgIpc) is 2.46. The van der Waals surface area contributed by atoms with Gasteiger partial charge in [0, 0.05) is 23.9 Å². The fourth-order valence-corrected chi connectivity index (χ4v) is 1.71. The lowest BCUT2D eigenvalue weighted by molar-refractivity contribution is -0.385. The summed E-state index contributed by atoms with van der Waals surface area (Å²) < 4.78 is 4.90. The largest absolute Gasteiger partial charge is 0.490 e. The van der Waals surface area contributed by atoms with Crippen LogP contribution in [0.3, 0.4) is 0 Å². The molecule has 1 amide bonds. The topological polar surface area (TPSA) is 107 Å². The number of anilines is 1. The second-order valence-corrected chi connectivity index (χ2v) is 4.15. The fraction of sp³-hybridized carbons (Fsp3) is 0.0833. The van der Waals surface area contributed by atoms with Crippen molar-refractivity contribution in [3.8, 4) is 5.75 Å². The average molecular weight is 309 g/mol. The van der Waals surface area contributed by atoms with Crippen molar-refractivity contribution in [1.29, 1.82) is 0 Å². The van der Waals surface area contributed by atoms with Gasteiger partial charge >= 0.3 is 5.69 Å². The minimum Gasteiger partial charge on any atom is -0.490 e. The first-order valence-electron chi connectivity index (χ1n) is 5.63. The normalized spacial score (nSPS) is 10.0. The van der Waals surface area contributed by atoms with Crippen LogP contribution in [-0.2, 0) is 0 Å². The smallest absolute Gasteiger partial charge is 0.310 e. The molecular formula is C12H9ClN4O4. The van der Waals surface area contributed by atoms with Gasteiger partial charge in [0.2, 0.25) is 5.28 Å². The van der Waals surface area contributed by atoms with Crippen molar-refractivity contribution in [3.63, 3.8) is 0 Å². The number of nitro groups is 1. The van der Waals surface area contributed by atoms with Crippen LogP contribution in [0.15, 0.2) is 30.5 Å². The number of nitro benzene ring substituents is 1. The predicted molar refractivity (Wildman–Crippen MR) is 74.6 cm³/mol. The minimum atomic E-state index is -0.593. The summed E-state index contributed by atoms with van der Waals surface area (Å²) in [7, 11) is 1.29. The Morgan fingerprint density at radius 2 is 2.19 bits per heavy atom. The second kappa shape index (κ2) is 6.14. The number of methoxy groups -OCH3 is 1. The van der Waals surface area contributed by atoms with E-state index >= 15 is 0 Å². The van der Waals surface area contributed by atoms with E-state index in [1.165, 1.54) is 37.6 Å². The predicted octanol–water partition coefficient (Wildman–Crippen LogP) is 2.30. The van der Waals surface area contributed by atoms with E-state index in [0.29, 0.717) is 0 Å². The monoisotopic (exact) mass is 308 g/mol. The SMILES string of the molecule is COc1cc(C(=O)Nc2ccnc(Cl)n2)ccc1[N+](=O)[O-]. The molecule has 108 valence electrons. The van der Waals surface area contributed by atoms with Crippen molar-refractivity contribution in [3.05, 3.63) is 51.4 Å². The summed E-state index contributed by atoms with van der Waals surface area (Å²) in [6.07, 6.45) is 1.39. The van der Waals surface area contributed by atoms with E-state index in [9.17, 15) is 14.9 Å². The van der Waals surface area contributed by atoms with Gasteiger partial charge in [-0.05, 0) is 23.7 Å². The molecule has 0 saturated carbocycles. The summed E-state index contributed by atoms with van der Waals surface area (Å²) in [5.41, 5.74) is -0.0358. The number of benzene rings is 1. The molecule has 0 fully saturated rings. The molecule has 9 heteroatoms. The summed E-state index contributed by atoms with van der Waals surface area (Å²) in [4.78, 5) is 29.7. The van der Waals surface area contributed by atoms with E-state index in [4.69, 9.17) is 16.3 Å². The molecule has 0 saturated heterocycles. The Labute approximate surface area is 123 Å². The van der Waals surface area contributed by atoms with E-state index in [2.05, 4.69) is 15.3 Å². The van der Waals surface area contributed by atoms with Crippen molar-refractivity contribution in [2.45, 2.75) is 0 Å². The van der Waals surface area contributed by atoms with Gasteiger partial charge in [0.1, 0.15) is 5.82 Å². The third kappa shape index (κ3) is 3.42. The minimum absolute atomic E-state index is 0.00548. The van der Waals surface area contributed by atoms with Gasteiger partial charge in [-0.1, -0.05) is 0 Å². The summed E-state index contributed by atoms with van der Waals surface area (Å²) in [5.74, 6) is -0.288. The first-order chi connectivity index (χ1) is 10.0. The quantitative estimate of drug-likeness (QED) is 0.527. The van der Waals surface area contributed by atoms with Crippen LogP contribution in [0.2, 0.25) is 5.28 Å². The van der Waals surface area contributed by atoms with Gasteiger partial charge in [0.05, 0.1) is 12.0 Å². The number of hydrogen-bond acceptors (Lipinski definition) is 6. The summed E-state index contributed by atoms with van der Waals surface area (Å²) >= 11 is 5.61. The number of carbonyl (C=O) groups excluding carboxylic acids is 1. The maximum atomic E-state index is 12.0. The Hall–Kier alpha value is -2.74. The lowest BCUT2D eigenvalue weighted by Gasteiger charge is -2.06. The molecule has 0 aliphatic carbocycles. The van der Waals surface area contributed by atoms with Gasteiger partial charge in [-0.3, -0.25) is 14.9 Å². The van der Waals surface area contributed by atoms with Crippen LogP contribution < -0.4 is 10.1 Å². The number of amides is 1. The van der Waals surface area contributed by atoms with Crippen LogP contribution >= 0.6 is 11.6 Å². The molecule has 0 aliphatic heterocycles. The zero-order valence-corrected chi connectivity index (χ0v) is 11.5. The number of hydrogen-bond donors (Lipinski definition) is 1. The highest BCUT2D eigenvalue weighted by atomic mass is 35.5. The van der Waals surface area contributed by atoms with Crippen LogP contribution in [0, 0.1) is 10.1 Å². The van der Waals surface area contributed by atoms with E-state index in [1.54, 1.807) is 0 Å². The zero-order chi connectivity index (χ0) is 15.4. The Balaban J connectivity index is 2.25. The summed E-state index contributed by atoms with van der Waals surface area (Å²) in [6.45, 7) is 0. The van der Waals surface area contributed by atoms with E-state index in [1.807, 2.05) is 0 Å². The molecule has 0 unspecified atom stereocenters. The Morgan fingerprint density at radius 3 is 2.81 bits per heavy atom. The van der Waals surface area contributed by atoms with Crippen molar-refractivity contribution in [1.82, 2.24) is 9.97 Å². The lowest BCUT2D eigenvalue weighted by Crippen LogP contribution is -2.13. The van der Waals surface area contributed by atoms with E-state index < -0.39 is 10.8 Å². The Kier molecular flexibility index (Phi) is 4.29. The van der Waals surface area contributed by atoms with Gasteiger partial charge in [0.25, 0.3) is 5.91 Å². The molecule has 0 aliphatic rings. The van der Waals surface area contributed by atoms with Gasteiger partial charge in [-0.2, -0.15) is 0 Å². The molecule has 0 atom stereocenters. The fourth-order valence-electron chi connectivity index (χ4n) is 1.56. The van der Waals surface area contributed by atoms with Gasteiger partial charge < -0.3 is 10.1 Å². The highest BCUT2D eigenvalue weighted by Gasteiger charge is 2.17. The molecule has 1 aromatic carbocycles. The van der Waals surface area contributed by atoms with Crippen LogP contribution in [0.5, 0.6) is 5.75 Å². The van der Waals surface area contributed by atoms with Gasteiger partial charge in [-0.15, -0.1) is 0 Å². The molecule has 0 bridgehead atoms. The molecular weight excluding hydrogens is 300 g/mol. The molecule has 0 radical (unpaired) electrons. The molecule has 21 heavy (non-hydrogen) atoms. The van der Waals surface area contributed by atoms with Gasteiger partial charge in [-0.25, -0.2) is 9.97 Å². The maximum Gasteiger partial charge on any atom is 0.310 e. The first-order valence-corrected chi connectivity index (χ1v) is 6.01. The van der Waals surface area contributed by atoms with Crippen molar-refractivity contribution in [2.24, 2.45) is 0 Å². The zero-order valence-electron chi connectivity index (χ0n) is 10.7. The van der Waals surface area contributed by atoms with Crippen LogP contribution in [0.4, 0.5) is 11.5 Å². The third-order valence-electron chi connectivity index (χ3n) is 2.51. The highest BCUT2D eigenvalue weighted by molar-refractivity contribution is 6.28.